The summed E-state index contributed by atoms with van der Waals surface area (Å²) in [4.78, 5) is 14.3. The molecule has 0 unspecified atom stereocenters. The third-order valence-corrected chi connectivity index (χ3v) is 4.03. The molecule has 2 rings (SSSR count). The average molecular weight is 339 g/mol. The minimum Gasteiger partial charge on any atom is -0.494 e. The largest absolute Gasteiger partial charge is 0.494 e. The second-order valence-electron chi connectivity index (χ2n) is 6.70. The van der Waals surface area contributed by atoms with Crippen molar-refractivity contribution in [2.75, 3.05) is 33.9 Å². The van der Waals surface area contributed by atoms with Crippen molar-refractivity contribution in [2.45, 2.75) is 38.4 Å². The number of rotatable bonds is 6. The molecule has 1 atom stereocenters. The molecule has 5 nitrogen and oxygen atoms in total. The van der Waals surface area contributed by atoms with E-state index in [0.29, 0.717) is 32.5 Å². The average Bonchev–Trinajstić information content (AvgIpc) is 2.51. The summed E-state index contributed by atoms with van der Waals surface area (Å²) in [6.07, 6.45) is 0.703. The Morgan fingerprint density at radius 1 is 1.42 bits per heavy atom. The van der Waals surface area contributed by atoms with E-state index in [4.69, 9.17) is 14.2 Å². The third kappa shape index (κ3) is 4.92. The summed E-state index contributed by atoms with van der Waals surface area (Å²) in [5.41, 5.74) is 0.381. The van der Waals surface area contributed by atoms with Gasteiger partial charge in [-0.1, -0.05) is 6.07 Å². The summed E-state index contributed by atoms with van der Waals surface area (Å²) in [6.45, 7) is 5.45. The summed E-state index contributed by atoms with van der Waals surface area (Å²) < 4.78 is 29.7. The predicted molar refractivity (Wildman–Crippen MR) is 88.7 cm³/mol. The summed E-state index contributed by atoms with van der Waals surface area (Å²) in [5, 5.41) is 0. The SMILES string of the molecule is COC[C@H]1CN(C(=O)CCc2ccc(OC)c(F)c2)CC(C)(C)O1. The number of nitrogens with zero attached hydrogens (tertiary/aromatic N) is 1. The molecule has 0 N–H and O–H groups in total. The lowest BCUT2D eigenvalue weighted by molar-refractivity contribution is -0.168. The molecule has 0 saturated carbocycles. The molecule has 1 saturated heterocycles. The molecule has 0 aromatic heterocycles. The molecule has 1 aliphatic rings. The van der Waals surface area contributed by atoms with Gasteiger partial charge in [0.05, 0.1) is 25.4 Å². The van der Waals surface area contributed by atoms with Crippen LogP contribution in [-0.4, -0.2) is 56.4 Å². The van der Waals surface area contributed by atoms with Crippen molar-refractivity contribution < 1.29 is 23.4 Å². The van der Waals surface area contributed by atoms with Crippen molar-refractivity contribution in [3.63, 3.8) is 0 Å². The molecule has 0 radical (unpaired) electrons. The first-order chi connectivity index (χ1) is 11.3. The van der Waals surface area contributed by atoms with E-state index in [2.05, 4.69) is 0 Å². The maximum absolute atomic E-state index is 13.7. The number of morpholine rings is 1. The van der Waals surface area contributed by atoms with Crippen molar-refractivity contribution >= 4 is 5.91 Å². The zero-order valence-corrected chi connectivity index (χ0v) is 14.8. The number of ether oxygens (including phenoxy) is 3. The lowest BCUT2D eigenvalue weighted by Gasteiger charge is -2.42. The van der Waals surface area contributed by atoms with E-state index in [1.807, 2.05) is 18.7 Å². The Kier molecular flexibility index (Phi) is 6.18. The summed E-state index contributed by atoms with van der Waals surface area (Å²) in [6, 6.07) is 4.79. The number of carbonyl (C=O) groups is 1. The molecule has 1 aromatic rings. The highest BCUT2D eigenvalue weighted by Crippen LogP contribution is 2.23. The fourth-order valence-electron chi connectivity index (χ4n) is 3.03. The highest BCUT2D eigenvalue weighted by molar-refractivity contribution is 5.76. The Morgan fingerprint density at radius 3 is 2.79 bits per heavy atom. The number of carbonyl (C=O) groups excluding carboxylic acids is 1. The van der Waals surface area contributed by atoms with Gasteiger partial charge in [0.15, 0.2) is 11.6 Å². The molecule has 134 valence electrons. The fraction of sp³-hybridized carbons (Fsp3) is 0.611. The highest BCUT2D eigenvalue weighted by atomic mass is 19.1. The highest BCUT2D eigenvalue weighted by Gasteiger charge is 2.35. The number of aryl methyl sites for hydroxylation is 1. The van der Waals surface area contributed by atoms with Gasteiger partial charge in [-0.3, -0.25) is 4.79 Å². The molecule has 1 aliphatic heterocycles. The van der Waals surface area contributed by atoms with Crippen molar-refractivity contribution in [3.05, 3.63) is 29.6 Å². The van der Waals surface area contributed by atoms with E-state index in [0.717, 1.165) is 5.56 Å². The van der Waals surface area contributed by atoms with Gasteiger partial charge in [0.2, 0.25) is 5.91 Å². The van der Waals surface area contributed by atoms with Crippen LogP contribution in [-0.2, 0) is 20.7 Å². The zero-order chi connectivity index (χ0) is 17.7. The number of benzene rings is 1. The first-order valence-electron chi connectivity index (χ1n) is 8.11. The summed E-state index contributed by atoms with van der Waals surface area (Å²) >= 11 is 0. The number of amides is 1. The fourth-order valence-corrected chi connectivity index (χ4v) is 3.03. The molecule has 1 heterocycles. The standard InChI is InChI=1S/C18H26FNO4/c1-18(2)12-20(10-14(24-18)11-22-3)17(21)8-6-13-5-7-16(23-4)15(19)9-13/h5,7,9,14H,6,8,10-12H2,1-4H3/t14-/m1/s1. The van der Waals surface area contributed by atoms with Crippen LogP contribution in [0.4, 0.5) is 4.39 Å². The van der Waals surface area contributed by atoms with E-state index in [-0.39, 0.29) is 17.8 Å². The van der Waals surface area contributed by atoms with Crippen LogP contribution in [0, 0.1) is 5.82 Å². The van der Waals surface area contributed by atoms with Crippen LogP contribution in [0.3, 0.4) is 0 Å². The van der Waals surface area contributed by atoms with Crippen molar-refractivity contribution in [3.8, 4) is 5.75 Å². The Balaban J connectivity index is 1.94. The van der Waals surface area contributed by atoms with Gasteiger partial charge in [-0.25, -0.2) is 4.39 Å². The quantitative estimate of drug-likeness (QED) is 0.799. The second kappa shape index (κ2) is 7.94. The minimum atomic E-state index is -0.407. The Hall–Kier alpha value is -1.66. The number of hydrogen-bond acceptors (Lipinski definition) is 4. The van der Waals surface area contributed by atoms with E-state index >= 15 is 0 Å². The lowest BCUT2D eigenvalue weighted by Crippen LogP contribution is -2.55. The van der Waals surface area contributed by atoms with Gasteiger partial charge in [0.25, 0.3) is 0 Å². The van der Waals surface area contributed by atoms with E-state index in [9.17, 15) is 9.18 Å². The molecule has 24 heavy (non-hydrogen) atoms. The smallest absolute Gasteiger partial charge is 0.223 e. The molecular formula is C18H26FNO4. The predicted octanol–water partition coefficient (Wildman–Crippen LogP) is 2.42. The third-order valence-electron chi connectivity index (χ3n) is 4.03. The van der Waals surface area contributed by atoms with Gasteiger partial charge in [-0.15, -0.1) is 0 Å². The van der Waals surface area contributed by atoms with Crippen LogP contribution in [0.25, 0.3) is 0 Å². The van der Waals surface area contributed by atoms with Crippen LogP contribution in [0.1, 0.15) is 25.8 Å². The maximum atomic E-state index is 13.7. The molecule has 0 aliphatic carbocycles. The zero-order valence-electron chi connectivity index (χ0n) is 14.8. The molecular weight excluding hydrogens is 313 g/mol. The topological polar surface area (TPSA) is 48.0 Å². The summed E-state index contributed by atoms with van der Waals surface area (Å²) in [7, 11) is 3.05. The van der Waals surface area contributed by atoms with Crippen LogP contribution < -0.4 is 4.74 Å². The Morgan fingerprint density at radius 2 is 2.17 bits per heavy atom. The number of halogens is 1. The van der Waals surface area contributed by atoms with Gasteiger partial charge in [-0.05, 0) is 38.0 Å². The monoisotopic (exact) mass is 339 g/mol. The van der Waals surface area contributed by atoms with Crippen LogP contribution in [0.2, 0.25) is 0 Å². The van der Waals surface area contributed by atoms with E-state index in [1.165, 1.54) is 13.2 Å². The van der Waals surface area contributed by atoms with Gasteiger partial charge in [0, 0.05) is 26.6 Å². The maximum Gasteiger partial charge on any atom is 0.223 e. The molecule has 1 fully saturated rings. The number of methoxy groups -OCH3 is 2. The van der Waals surface area contributed by atoms with Crippen LogP contribution >= 0.6 is 0 Å². The molecule has 1 amide bonds. The van der Waals surface area contributed by atoms with Crippen LogP contribution in [0.15, 0.2) is 18.2 Å². The van der Waals surface area contributed by atoms with Gasteiger partial charge < -0.3 is 19.1 Å². The molecule has 0 spiro atoms. The minimum absolute atomic E-state index is 0.0451. The Labute approximate surface area is 142 Å². The first kappa shape index (κ1) is 18.7. The van der Waals surface area contributed by atoms with Gasteiger partial charge in [-0.2, -0.15) is 0 Å². The van der Waals surface area contributed by atoms with Gasteiger partial charge in [0.1, 0.15) is 0 Å². The molecule has 6 heteroatoms. The van der Waals surface area contributed by atoms with E-state index < -0.39 is 11.4 Å². The van der Waals surface area contributed by atoms with Crippen LogP contribution in [0.5, 0.6) is 5.75 Å². The second-order valence-corrected chi connectivity index (χ2v) is 6.70. The lowest BCUT2D eigenvalue weighted by atomic mass is 10.0. The number of hydrogen-bond donors (Lipinski definition) is 0. The summed E-state index contributed by atoms with van der Waals surface area (Å²) in [5.74, 6) is -0.152. The Bertz CT molecular complexity index is 576. The molecule has 0 bridgehead atoms. The molecule has 1 aromatic carbocycles. The normalized spacial score (nSPS) is 20.0. The van der Waals surface area contributed by atoms with Crippen molar-refractivity contribution in [2.24, 2.45) is 0 Å². The van der Waals surface area contributed by atoms with Crippen molar-refractivity contribution in [1.82, 2.24) is 4.90 Å². The van der Waals surface area contributed by atoms with Crippen molar-refractivity contribution in [1.29, 1.82) is 0 Å². The first-order valence-corrected chi connectivity index (χ1v) is 8.11. The van der Waals surface area contributed by atoms with Gasteiger partial charge >= 0.3 is 0 Å². The van der Waals surface area contributed by atoms with E-state index in [1.54, 1.807) is 19.2 Å².